The van der Waals surface area contributed by atoms with E-state index >= 15 is 0 Å². The Morgan fingerprint density at radius 1 is 1.31 bits per heavy atom. The molecule has 0 atom stereocenters. The van der Waals surface area contributed by atoms with E-state index in [1.165, 1.54) is 6.20 Å². The molecule has 2 rings (SSSR count). The highest BCUT2D eigenvalue weighted by atomic mass is 35.5. The molecule has 2 aromatic rings. The van der Waals surface area contributed by atoms with Gasteiger partial charge in [-0.3, -0.25) is 4.98 Å². The molecule has 0 spiro atoms. The van der Waals surface area contributed by atoms with Crippen LogP contribution in [-0.2, 0) is 6.54 Å². The molecular formula is C10H10ClN5. The number of halogens is 1. The predicted molar refractivity (Wildman–Crippen MR) is 63.0 cm³/mol. The van der Waals surface area contributed by atoms with Crippen LogP contribution in [0.15, 0.2) is 30.7 Å². The van der Waals surface area contributed by atoms with E-state index in [4.69, 9.17) is 17.3 Å². The number of hydrogen-bond acceptors (Lipinski definition) is 5. The maximum atomic E-state index is 5.91. The van der Waals surface area contributed by atoms with E-state index in [9.17, 15) is 0 Å². The monoisotopic (exact) mass is 235 g/mol. The molecule has 16 heavy (non-hydrogen) atoms. The zero-order chi connectivity index (χ0) is 11.4. The molecular weight excluding hydrogens is 226 g/mol. The zero-order valence-electron chi connectivity index (χ0n) is 8.39. The molecule has 0 aliphatic rings. The number of anilines is 2. The van der Waals surface area contributed by atoms with Crippen molar-refractivity contribution in [3.8, 4) is 0 Å². The van der Waals surface area contributed by atoms with E-state index < -0.39 is 0 Å². The fourth-order valence-corrected chi connectivity index (χ4v) is 1.35. The van der Waals surface area contributed by atoms with Crippen molar-refractivity contribution in [2.75, 3.05) is 11.1 Å². The minimum Gasteiger partial charge on any atom is -0.368 e. The van der Waals surface area contributed by atoms with Crippen LogP contribution in [0.3, 0.4) is 0 Å². The molecule has 82 valence electrons. The summed E-state index contributed by atoms with van der Waals surface area (Å²) < 4.78 is 0. The Bertz CT molecular complexity index is 474. The summed E-state index contributed by atoms with van der Waals surface area (Å²) in [6.45, 7) is 0.610. The number of pyridine rings is 1. The van der Waals surface area contributed by atoms with E-state index in [0.29, 0.717) is 17.4 Å². The predicted octanol–water partition coefficient (Wildman–Crippen LogP) is 1.72. The van der Waals surface area contributed by atoms with Gasteiger partial charge in [-0.05, 0) is 17.7 Å². The largest absolute Gasteiger partial charge is 0.368 e. The molecule has 2 aromatic heterocycles. The third-order valence-electron chi connectivity index (χ3n) is 1.97. The molecule has 0 aliphatic carbocycles. The molecule has 0 radical (unpaired) electrons. The number of nitrogens with two attached hydrogens (primary N) is 1. The van der Waals surface area contributed by atoms with Gasteiger partial charge in [0.1, 0.15) is 5.02 Å². The third kappa shape index (κ3) is 2.58. The molecule has 6 heteroatoms. The summed E-state index contributed by atoms with van der Waals surface area (Å²) in [5.74, 6) is 0.729. The SMILES string of the molecule is Nc1ncc(Cl)c(NCc2ccncc2)n1. The van der Waals surface area contributed by atoms with Gasteiger partial charge < -0.3 is 11.1 Å². The second-order valence-electron chi connectivity index (χ2n) is 3.13. The topological polar surface area (TPSA) is 76.7 Å². The van der Waals surface area contributed by atoms with E-state index in [-0.39, 0.29) is 5.95 Å². The van der Waals surface area contributed by atoms with Crippen molar-refractivity contribution in [2.24, 2.45) is 0 Å². The van der Waals surface area contributed by atoms with Crippen LogP contribution in [0.25, 0.3) is 0 Å². The van der Waals surface area contributed by atoms with Gasteiger partial charge in [-0.2, -0.15) is 4.98 Å². The summed E-state index contributed by atoms with van der Waals surface area (Å²) in [5, 5.41) is 3.53. The first-order valence-electron chi connectivity index (χ1n) is 4.66. The van der Waals surface area contributed by atoms with Gasteiger partial charge in [0.2, 0.25) is 5.95 Å². The van der Waals surface area contributed by atoms with Crippen LogP contribution in [0, 0.1) is 0 Å². The smallest absolute Gasteiger partial charge is 0.222 e. The number of nitrogens with zero attached hydrogens (tertiary/aromatic N) is 3. The Hall–Kier alpha value is -1.88. The van der Waals surface area contributed by atoms with Gasteiger partial charge in [-0.1, -0.05) is 11.6 Å². The van der Waals surface area contributed by atoms with Crippen LogP contribution in [-0.4, -0.2) is 15.0 Å². The number of aromatic nitrogens is 3. The van der Waals surface area contributed by atoms with Crippen molar-refractivity contribution >= 4 is 23.4 Å². The summed E-state index contributed by atoms with van der Waals surface area (Å²) in [5.41, 5.74) is 6.55. The highest BCUT2D eigenvalue weighted by Crippen LogP contribution is 2.18. The first kappa shape index (κ1) is 10.6. The highest BCUT2D eigenvalue weighted by Gasteiger charge is 2.02. The molecule has 3 N–H and O–H groups in total. The summed E-state index contributed by atoms with van der Waals surface area (Å²) >= 11 is 5.91. The second-order valence-corrected chi connectivity index (χ2v) is 3.54. The van der Waals surface area contributed by atoms with Crippen molar-refractivity contribution < 1.29 is 0 Å². The number of hydrogen-bond donors (Lipinski definition) is 2. The average Bonchev–Trinajstić information content (AvgIpc) is 2.32. The van der Waals surface area contributed by atoms with Gasteiger partial charge in [0.25, 0.3) is 0 Å². The molecule has 0 aliphatic heterocycles. The Morgan fingerprint density at radius 2 is 2.06 bits per heavy atom. The molecule has 0 saturated carbocycles. The first-order valence-corrected chi connectivity index (χ1v) is 5.04. The molecule has 5 nitrogen and oxygen atoms in total. The highest BCUT2D eigenvalue weighted by molar-refractivity contribution is 6.32. The zero-order valence-corrected chi connectivity index (χ0v) is 9.15. The lowest BCUT2D eigenvalue weighted by molar-refractivity contribution is 1.08. The van der Waals surface area contributed by atoms with Crippen molar-refractivity contribution in [1.29, 1.82) is 0 Å². The van der Waals surface area contributed by atoms with Crippen molar-refractivity contribution in [3.05, 3.63) is 41.3 Å². The molecule has 0 saturated heterocycles. The van der Waals surface area contributed by atoms with Crippen LogP contribution < -0.4 is 11.1 Å². The summed E-state index contributed by atoms with van der Waals surface area (Å²) in [6.07, 6.45) is 4.93. The van der Waals surface area contributed by atoms with Gasteiger partial charge in [0.15, 0.2) is 5.82 Å². The lowest BCUT2D eigenvalue weighted by atomic mass is 10.3. The van der Waals surface area contributed by atoms with E-state index in [2.05, 4.69) is 20.3 Å². The summed E-state index contributed by atoms with van der Waals surface area (Å²) in [6, 6.07) is 3.82. The number of nitrogens with one attached hydrogen (secondary N) is 1. The van der Waals surface area contributed by atoms with Crippen LogP contribution in [0.4, 0.5) is 11.8 Å². The Kier molecular flexibility index (Phi) is 3.16. The fourth-order valence-electron chi connectivity index (χ4n) is 1.19. The summed E-state index contributed by atoms with van der Waals surface area (Å²) in [7, 11) is 0. The molecule has 0 unspecified atom stereocenters. The van der Waals surface area contributed by atoms with Gasteiger partial charge in [0, 0.05) is 18.9 Å². The van der Waals surface area contributed by atoms with E-state index in [1.54, 1.807) is 12.4 Å². The first-order chi connectivity index (χ1) is 7.75. The second kappa shape index (κ2) is 4.76. The van der Waals surface area contributed by atoms with E-state index in [1.807, 2.05) is 12.1 Å². The standard InChI is InChI=1S/C10H10ClN5/c11-8-6-15-10(12)16-9(8)14-5-7-1-3-13-4-2-7/h1-4,6H,5H2,(H3,12,14,15,16). The normalized spacial score (nSPS) is 10.1. The minimum absolute atomic E-state index is 0.196. The lowest BCUT2D eigenvalue weighted by Crippen LogP contribution is -2.04. The van der Waals surface area contributed by atoms with Gasteiger partial charge in [-0.25, -0.2) is 4.98 Å². The summed E-state index contributed by atoms with van der Waals surface area (Å²) in [4.78, 5) is 11.7. The molecule has 0 bridgehead atoms. The lowest BCUT2D eigenvalue weighted by Gasteiger charge is -2.07. The molecule has 0 amide bonds. The fraction of sp³-hybridized carbons (Fsp3) is 0.100. The van der Waals surface area contributed by atoms with Crippen LogP contribution in [0.5, 0.6) is 0 Å². The van der Waals surface area contributed by atoms with Gasteiger partial charge >= 0.3 is 0 Å². The Labute approximate surface area is 97.7 Å². The van der Waals surface area contributed by atoms with Crippen LogP contribution in [0.2, 0.25) is 5.02 Å². The number of nitrogen functional groups attached to an aromatic ring is 1. The van der Waals surface area contributed by atoms with Gasteiger partial charge in [-0.15, -0.1) is 0 Å². The van der Waals surface area contributed by atoms with Gasteiger partial charge in [0.05, 0.1) is 6.20 Å². The molecule has 0 aromatic carbocycles. The molecule has 0 fully saturated rings. The quantitative estimate of drug-likeness (QED) is 0.847. The van der Waals surface area contributed by atoms with Crippen molar-refractivity contribution in [3.63, 3.8) is 0 Å². The van der Waals surface area contributed by atoms with Crippen LogP contribution >= 0.6 is 11.6 Å². The average molecular weight is 236 g/mol. The van der Waals surface area contributed by atoms with Crippen molar-refractivity contribution in [1.82, 2.24) is 15.0 Å². The Balaban J connectivity index is 2.08. The maximum absolute atomic E-state index is 5.91. The number of rotatable bonds is 3. The maximum Gasteiger partial charge on any atom is 0.222 e. The Morgan fingerprint density at radius 3 is 2.81 bits per heavy atom. The molecule has 2 heterocycles. The van der Waals surface area contributed by atoms with E-state index in [0.717, 1.165) is 5.56 Å². The van der Waals surface area contributed by atoms with Crippen molar-refractivity contribution in [2.45, 2.75) is 6.54 Å². The third-order valence-corrected chi connectivity index (χ3v) is 2.25. The van der Waals surface area contributed by atoms with Crippen LogP contribution in [0.1, 0.15) is 5.56 Å². The minimum atomic E-state index is 0.196.